The molecule has 40 heavy (non-hydrogen) atoms. The smallest absolute Gasteiger partial charge is 0.342 e. The first kappa shape index (κ1) is 31.1. The molecule has 1 aliphatic heterocycles. The van der Waals surface area contributed by atoms with Gasteiger partial charge in [-0.15, -0.1) is 24.8 Å². The van der Waals surface area contributed by atoms with E-state index < -0.39 is 11.9 Å². The number of piperazine rings is 1. The zero-order valence-electron chi connectivity index (χ0n) is 22.2. The van der Waals surface area contributed by atoms with Gasteiger partial charge in [-0.05, 0) is 50.2 Å². The molecule has 10 nitrogen and oxygen atoms in total. The second kappa shape index (κ2) is 13.3. The lowest BCUT2D eigenvalue weighted by atomic mass is 10.1. The molecule has 216 valence electrons. The zero-order valence-corrected chi connectivity index (χ0v) is 23.8. The molecule has 0 atom stereocenters. The Labute approximate surface area is 243 Å². The van der Waals surface area contributed by atoms with Gasteiger partial charge < -0.3 is 28.5 Å². The number of esters is 2. The minimum atomic E-state index is -0.479. The van der Waals surface area contributed by atoms with E-state index in [0.29, 0.717) is 83.9 Å². The van der Waals surface area contributed by atoms with Gasteiger partial charge in [0, 0.05) is 37.0 Å². The summed E-state index contributed by atoms with van der Waals surface area (Å²) >= 11 is 0. The molecule has 1 saturated heterocycles. The van der Waals surface area contributed by atoms with E-state index in [-0.39, 0.29) is 49.5 Å². The summed E-state index contributed by atoms with van der Waals surface area (Å²) in [5.41, 5.74) is 1.71. The van der Waals surface area contributed by atoms with Crippen LogP contribution in [0.4, 0.5) is 0 Å². The number of halogens is 2. The first-order valence-electron chi connectivity index (χ1n) is 12.7. The maximum atomic E-state index is 12.7. The van der Waals surface area contributed by atoms with E-state index in [9.17, 15) is 19.8 Å². The van der Waals surface area contributed by atoms with Gasteiger partial charge in [-0.25, -0.2) is 9.59 Å². The van der Waals surface area contributed by atoms with E-state index in [1.54, 1.807) is 26.0 Å². The number of ether oxygens (including phenoxy) is 2. The third-order valence-corrected chi connectivity index (χ3v) is 6.65. The van der Waals surface area contributed by atoms with Gasteiger partial charge in [0.2, 0.25) is 0 Å². The second-order valence-corrected chi connectivity index (χ2v) is 9.15. The molecule has 0 spiro atoms. The van der Waals surface area contributed by atoms with Crippen LogP contribution in [0, 0.1) is 0 Å². The Bertz CT molecular complexity index is 1380. The van der Waals surface area contributed by atoms with Crippen molar-refractivity contribution in [2.45, 2.75) is 26.9 Å². The van der Waals surface area contributed by atoms with Crippen LogP contribution in [0.1, 0.15) is 46.1 Å². The Kier molecular flexibility index (Phi) is 10.3. The maximum Gasteiger partial charge on any atom is 0.342 e. The topological polar surface area (TPSA) is 126 Å². The predicted molar refractivity (Wildman–Crippen MR) is 153 cm³/mol. The molecule has 0 aliphatic carbocycles. The highest BCUT2D eigenvalue weighted by molar-refractivity contribution is 6.05. The molecule has 12 heteroatoms. The Hall–Kier alpha value is -3.44. The summed E-state index contributed by atoms with van der Waals surface area (Å²) in [5, 5.41) is 20.9. The Morgan fingerprint density at radius 3 is 1.45 bits per heavy atom. The normalized spacial score (nSPS) is 14.1. The number of benzene rings is 2. The van der Waals surface area contributed by atoms with Crippen molar-refractivity contribution in [3.63, 3.8) is 0 Å². The number of furan rings is 2. The lowest BCUT2D eigenvalue weighted by Gasteiger charge is -2.33. The highest BCUT2D eigenvalue weighted by Gasteiger charge is 2.28. The van der Waals surface area contributed by atoms with Gasteiger partial charge in [0.1, 0.15) is 45.3 Å². The first-order valence-corrected chi connectivity index (χ1v) is 12.7. The molecule has 0 radical (unpaired) electrons. The molecule has 2 aromatic heterocycles. The van der Waals surface area contributed by atoms with Crippen LogP contribution in [0.2, 0.25) is 0 Å². The van der Waals surface area contributed by atoms with E-state index in [1.807, 2.05) is 0 Å². The molecule has 0 saturated carbocycles. The second-order valence-electron chi connectivity index (χ2n) is 9.15. The van der Waals surface area contributed by atoms with Gasteiger partial charge in [0.15, 0.2) is 0 Å². The van der Waals surface area contributed by atoms with Gasteiger partial charge in [0.05, 0.1) is 26.3 Å². The summed E-state index contributed by atoms with van der Waals surface area (Å²) in [5.74, 6) is 0.137. The third kappa shape index (κ3) is 6.31. The number of phenols is 2. The largest absolute Gasteiger partial charge is 0.508 e. The van der Waals surface area contributed by atoms with Crippen LogP contribution >= 0.6 is 24.8 Å². The molecular formula is C28H32Cl2N2O8. The minimum Gasteiger partial charge on any atom is -0.508 e. The van der Waals surface area contributed by atoms with Crippen molar-refractivity contribution in [2.24, 2.45) is 0 Å². The summed E-state index contributed by atoms with van der Waals surface area (Å²) in [6.07, 6.45) is 0. The van der Waals surface area contributed by atoms with E-state index in [2.05, 4.69) is 9.80 Å². The van der Waals surface area contributed by atoms with Crippen LogP contribution in [0.5, 0.6) is 11.5 Å². The Morgan fingerprint density at radius 1 is 0.725 bits per heavy atom. The van der Waals surface area contributed by atoms with Crippen LogP contribution in [0.15, 0.2) is 45.2 Å². The number of fused-ring (bicyclic) bond motifs is 2. The minimum absolute atomic E-state index is 0. The highest BCUT2D eigenvalue weighted by Crippen LogP contribution is 2.32. The Balaban J connectivity index is 0.00000220. The molecule has 2 aromatic carbocycles. The predicted octanol–water partition coefficient (Wildman–Crippen LogP) is 5.11. The van der Waals surface area contributed by atoms with Gasteiger partial charge in [0.25, 0.3) is 0 Å². The summed E-state index contributed by atoms with van der Waals surface area (Å²) in [6, 6.07) is 9.36. The lowest BCUT2D eigenvalue weighted by molar-refractivity contribution is 0.0508. The average Bonchev–Trinajstić information content (AvgIpc) is 3.42. The fourth-order valence-corrected chi connectivity index (χ4v) is 4.86. The van der Waals surface area contributed by atoms with Crippen molar-refractivity contribution in [3.05, 3.63) is 59.0 Å². The fourth-order valence-electron chi connectivity index (χ4n) is 4.86. The number of carbonyl (C=O) groups is 2. The standard InChI is InChI=1S/C28H30N2O8.2ClH/c1-3-35-27(33)25-19-13-17(31)5-7-21(19)37-23(25)15-29-9-11-30(12-10-29)16-24-26(28(34)36-4-2)20-14-18(32)6-8-22(20)38-24;;/h5-8,13-14,31-32H,3-4,9-12,15-16H2,1-2H3;2*1H. The van der Waals surface area contributed by atoms with Crippen LogP contribution < -0.4 is 0 Å². The van der Waals surface area contributed by atoms with Crippen molar-refractivity contribution >= 4 is 58.7 Å². The number of phenolic OH excluding ortho intramolecular Hbond substituents is 2. The monoisotopic (exact) mass is 594 g/mol. The van der Waals surface area contributed by atoms with Crippen molar-refractivity contribution in [1.82, 2.24) is 9.80 Å². The van der Waals surface area contributed by atoms with Crippen molar-refractivity contribution in [3.8, 4) is 11.5 Å². The fraction of sp³-hybridized carbons (Fsp3) is 0.357. The lowest BCUT2D eigenvalue weighted by Crippen LogP contribution is -2.45. The highest BCUT2D eigenvalue weighted by atomic mass is 35.5. The zero-order chi connectivity index (χ0) is 26.8. The molecular weight excluding hydrogens is 563 g/mol. The Morgan fingerprint density at radius 2 is 1.10 bits per heavy atom. The first-order chi connectivity index (χ1) is 18.4. The van der Waals surface area contributed by atoms with Gasteiger partial charge >= 0.3 is 11.9 Å². The molecule has 0 amide bonds. The number of nitrogens with zero attached hydrogens (tertiary/aromatic N) is 2. The molecule has 0 bridgehead atoms. The summed E-state index contributed by atoms with van der Waals surface area (Å²) < 4.78 is 22.5. The van der Waals surface area contributed by atoms with Crippen molar-refractivity contribution < 1.29 is 38.1 Å². The van der Waals surface area contributed by atoms with Crippen molar-refractivity contribution in [2.75, 3.05) is 39.4 Å². The van der Waals surface area contributed by atoms with Crippen LogP contribution in [-0.2, 0) is 22.6 Å². The molecule has 2 N–H and O–H groups in total. The van der Waals surface area contributed by atoms with E-state index in [1.165, 1.54) is 24.3 Å². The summed E-state index contributed by atoms with van der Waals surface area (Å²) in [7, 11) is 0. The quantitative estimate of drug-likeness (QED) is 0.266. The van der Waals surface area contributed by atoms with Crippen LogP contribution in [0.25, 0.3) is 21.9 Å². The molecule has 1 fully saturated rings. The van der Waals surface area contributed by atoms with Gasteiger partial charge in [-0.1, -0.05) is 0 Å². The molecule has 4 aromatic rings. The van der Waals surface area contributed by atoms with E-state index >= 15 is 0 Å². The number of aromatic hydroxyl groups is 2. The number of hydrogen-bond donors (Lipinski definition) is 2. The number of hydrogen-bond acceptors (Lipinski definition) is 10. The van der Waals surface area contributed by atoms with Crippen LogP contribution in [-0.4, -0.2) is 71.3 Å². The van der Waals surface area contributed by atoms with Gasteiger partial charge in [-0.2, -0.15) is 0 Å². The van der Waals surface area contributed by atoms with Gasteiger partial charge in [-0.3, -0.25) is 9.80 Å². The molecule has 3 heterocycles. The third-order valence-electron chi connectivity index (χ3n) is 6.65. The van der Waals surface area contributed by atoms with Crippen LogP contribution in [0.3, 0.4) is 0 Å². The summed E-state index contributed by atoms with van der Waals surface area (Å²) in [6.45, 7) is 7.56. The van der Waals surface area contributed by atoms with E-state index in [0.717, 1.165) is 0 Å². The molecule has 0 unspecified atom stereocenters. The maximum absolute atomic E-state index is 12.7. The average molecular weight is 595 g/mol. The SMILES string of the molecule is CCOC(=O)c1c(CN2CCN(Cc3oc4ccc(O)cc4c3C(=O)OCC)CC2)oc2ccc(O)cc12.Cl.Cl. The number of carbonyl (C=O) groups excluding carboxylic acids is 2. The number of rotatable bonds is 8. The summed E-state index contributed by atoms with van der Waals surface area (Å²) in [4.78, 5) is 29.8. The molecule has 1 aliphatic rings. The molecule has 5 rings (SSSR count). The van der Waals surface area contributed by atoms with E-state index in [4.69, 9.17) is 18.3 Å². The van der Waals surface area contributed by atoms with Crippen molar-refractivity contribution in [1.29, 1.82) is 0 Å².